The molecule has 0 fully saturated rings. The minimum Gasteiger partial charge on any atom is -0.497 e. The summed E-state index contributed by atoms with van der Waals surface area (Å²) in [4.78, 5) is 43.5. The number of benzene rings is 3. The number of fused-ring (bicyclic) bond motifs is 1. The topological polar surface area (TPSA) is 99.5 Å². The lowest BCUT2D eigenvalue weighted by atomic mass is 10.1. The Hall–Kier alpha value is -4.02. The Labute approximate surface area is 216 Å². The fraction of sp³-hybridized carbons (Fsp3) is 0.185. The summed E-state index contributed by atoms with van der Waals surface area (Å²) in [5, 5.41) is 3.33. The number of hydrogen-bond acceptors (Lipinski definition) is 7. The number of amides is 1. The number of carbonyl (C=O) groups is 2. The molecule has 0 bridgehead atoms. The van der Waals surface area contributed by atoms with Gasteiger partial charge in [0.1, 0.15) is 11.6 Å². The van der Waals surface area contributed by atoms with E-state index in [0.717, 1.165) is 11.8 Å². The smallest absolute Gasteiger partial charge is 0.266 e. The molecule has 1 aromatic heterocycles. The maximum atomic E-state index is 13.6. The van der Waals surface area contributed by atoms with Gasteiger partial charge in [0.05, 0.1) is 36.1 Å². The fourth-order valence-electron chi connectivity index (χ4n) is 3.58. The van der Waals surface area contributed by atoms with Gasteiger partial charge in [-0.3, -0.25) is 19.0 Å². The predicted octanol–water partition coefficient (Wildman–Crippen LogP) is 3.88. The van der Waals surface area contributed by atoms with Crippen molar-refractivity contribution in [3.05, 3.63) is 94.0 Å². The second kappa shape index (κ2) is 11.8. The van der Waals surface area contributed by atoms with Crippen LogP contribution >= 0.6 is 11.8 Å². The summed E-state index contributed by atoms with van der Waals surface area (Å²) in [5.74, 6) is -0.407. The van der Waals surface area contributed by atoms with Crippen LogP contribution in [0.1, 0.15) is 20.7 Å². The number of carbonyl (C=O) groups excluding carboxylic acids is 2. The zero-order chi connectivity index (χ0) is 26.4. The molecule has 8 nitrogen and oxygen atoms in total. The van der Waals surface area contributed by atoms with Gasteiger partial charge in [0, 0.05) is 24.8 Å². The summed E-state index contributed by atoms with van der Waals surface area (Å²) in [7, 11) is 3.09. The van der Waals surface area contributed by atoms with Gasteiger partial charge in [-0.2, -0.15) is 0 Å². The number of ketones is 1. The maximum Gasteiger partial charge on any atom is 0.266 e. The molecule has 1 N–H and O–H groups in total. The number of nitrogens with zero attached hydrogens (tertiary/aromatic N) is 2. The van der Waals surface area contributed by atoms with E-state index < -0.39 is 5.82 Å². The monoisotopic (exact) mass is 521 g/mol. The molecule has 1 amide bonds. The fourth-order valence-corrected chi connectivity index (χ4v) is 4.49. The van der Waals surface area contributed by atoms with Gasteiger partial charge in [0.25, 0.3) is 11.5 Å². The van der Waals surface area contributed by atoms with Crippen molar-refractivity contribution >= 4 is 34.4 Å². The molecule has 10 heteroatoms. The van der Waals surface area contributed by atoms with Gasteiger partial charge in [-0.15, -0.1) is 0 Å². The Morgan fingerprint density at radius 2 is 1.70 bits per heavy atom. The first-order valence-electron chi connectivity index (χ1n) is 11.3. The summed E-state index contributed by atoms with van der Waals surface area (Å²) in [5.41, 5.74) is 1.21. The third-order valence-electron chi connectivity index (χ3n) is 5.52. The molecule has 1 heterocycles. The van der Waals surface area contributed by atoms with Crippen molar-refractivity contribution < 1.29 is 23.5 Å². The molecule has 0 saturated heterocycles. The second-order valence-electron chi connectivity index (χ2n) is 7.93. The second-order valence-corrected chi connectivity index (χ2v) is 8.87. The number of rotatable bonds is 10. The number of ether oxygens (including phenoxy) is 2. The third-order valence-corrected chi connectivity index (χ3v) is 6.46. The summed E-state index contributed by atoms with van der Waals surface area (Å²) in [6.45, 7) is 0.708. The van der Waals surface area contributed by atoms with Crippen LogP contribution in [0, 0.1) is 5.82 Å². The van der Waals surface area contributed by atoms with Crippen LogP contribution in [0.3, 0.4) is 0 Å². The van der Waals surface area contributed by atoms with Crippen LogP contribution in [0.15, 0.2) is 76.7 Å². The average Bonchev–Trinajstić information content (AvgIpc) is 2.92. The van der Waals surface area contributed by atoms with Crippen molar-refractivity contribution in [1.82, 2.24) is 14.9 Å². The van der Waals surface area contributed by atoms with Crippen molar-refractivity contribution in [2.24, 2.45) is 0 Å². The van der Waals surface area contributed by atoms with Crippen molar-refractivity contribution in [2.75, 3.05) is 33.1 Å². The van der Waals surface area contributed by atoms with Gasteiger partial charge in [-0.1, -0.05) is 11.8 Å². The quantitative estimate of drug-likeness (QED) is 0.146. The molecule has 0 atom stereocenters. The minimum absolute atomic E-state index is 0.0308. The first-order valence-corrected chi connectivity index (χ1v) is 12.3. The van der Waals surface area contributed by atoms with E-state index >= 15 is 0 Å². The summed E-state index contributed by atoms with van der Waals surface area (Å²) in [6, 6.07) is 16.8. The molecule has 3 aromatic carbocycles. The number of Topliss-reactive ketones (excluding diaryl/α,β-unsaturated/α-hetero) is 1. The Kier molecular flexibility index (Phi) is 8.32. The average molecular weight is 522 g/mol. The Balaban J connectivity index is 1.74. The minimum atomic E-state index is -0.434. The van der Waals surface area contributed by atoms with Crippen LogP contribution in [0.2, 0.25) is 0 Å². The van der Waals surface area contributed by atoms with Gasteiger partial charge in [0.15, 0.2) is 10.9 Å². The molecule has 37 heavy (non-hydrogen) atoms. The Bertz CT molecular complexity index is 1490. The lowest BCUT2D eigenvalue weighted by molar-refractivity contribution is 0.0936. The Morgan fingerprint density at radius 1 is 1.00 bits per heavy atom. The largest absolute Gasteiger partial charge is 0.497 e. The van der Waals surface area contributed by atoms with E-state index in [-0.39, 0.29) is 28.2 Å². The lowest BCUT2D eigenvalue weighted by Gasteiger charge is -2.14. The van der Waals surface area contributed by atoms with Crippen LogP contribution in [-0.2, 0) is 4.74 Å². The number of nitrogens with one attached hydrogen (secondary N) is 1. The SMILES string of the molecule is COCCNC(=O)c1ccc2c(=O)n(-c3ccc(OC)cc3)c(SCC(=O)c3ccc(F)cc3)nc2c1. The third kappa shape index (κ3) is 6.04. The van der Waals surface area contributed by atoms with Crippen LogP contribution in [-0.4, -0.2) is 54.4 Å². The zero-order valence-electron chi connectivity index (χ0n) is 20.2. The van der Waals surface area contributed by atoms with E-state index in [1.165, 1.54) is 28.8 Å². The first kappa shape index (κ1) is 26.1. The van der Waals surface area contributed by atoms with Gasteiger partial charge in [-0.25, -0.2) is 9.37 Å². The standard InChI is InChI=1S/C27H24FN3O5S/c1-35-14-13-29-25(33)18-5-12-22-23(15-18)30-27(37-16-24(32)17-3-6-19(28)7-4-17)31(26(22)34)20-8-10-21(36-2)11-9-20/h3-12,15H,13-14,16H2,1-2H3,(H,29,33). The number of methoxy groups -OCH3 is 2. The van der Waals surface area contributed by atoms with E-state index in [1.807, 2.05) is 0 Å². The van der Waals surface area contributed by atoms with Crippen molar-refractivity contribution in [1.29, 1.82) is 0 Å². The molecule has 190 valence electrons. The normalized spacial score (nSPS) is 10.9. The molecular formula is C27H24FN3O5S. The van der Waals surface area contributed by atoms with Gasteiger partial charge < -0.3 is 14.8 Å². The molecule has 0 spiro atoms. The molecule has 0 saturated carbocycles. The molecule has 0 radical (unpaired) electrons. The number of aromatic nitrogens is 2. The van der Waals surface area contributed by atoms with Crippen LogP contribution < -0.4 is 15.6 Å². The first-order chi connectivity index (χ1) is 17.9. The molecule has 4 aromatic rings. The highest BCUT2D eigenvalue weighted by Gasteiger charge is 2.17. The van der Waals surface area contributed by atoms with E-state index in [9.17, 15) is 18.8 Å². The van der Waals surface area contributed by atoms with Crippen LogP contribution in [0.5, 0.6) is 5.75 Å². The van der Waals surface area contributed by atoms with Gasteiger partial charge in [-0.05, 0) is 66.7 Å². The Morgan fingerprint density at radius 3 is 2.38 bits per heavy atom. The van der Waals surface area contributed by atoms with Gasteiger partial charge in [0.2, 0.25) is 0 Å². The van der Waals surface area contributed by atoms with Gasteiger partial charge >= 0.3 is 0 Å². The molecule has 0 unspecified atom stereocenters. The predicted molar refractivity (Wildman–Crippen MR) is 140 cm³/mol. The highest BCUT2D eigenvalue weighted by molar-refractivity contribution is 7.99. The van der Waals surface area contributed by atoms with Crippen molar-refractivity contribution in [2.45, 2.75) is 5.16 Å². The molecule has 0 aliphatic rings. The zero-order valence-corrected chi connectivity index (χ0v) is 21.0. The highest BCUT2D eigenvalue weighted by atomic mass is 32.2. The number of halogens is 1. The number of hydrogen-bond donors (Lipinski definition) is 1. The molecular weight excluding hydrogens is 497 g/mol. The molecule has 0 aliphatic heterocycles. The summed E-state index contributed by atoms with van der Waals surface area (Å²) < 4.78 is 24.8. The van der Waals surface area contributed by atoms with Crippen LogP contribution in [0.4, 0.5) is 4.39 Å². The summed E-state index contributed by atoms with van der Waals surface area (Å²) in [6.07, 6.45) is 0. The lowest BCUT2D eigenvalue weighted by Crippen LogP contribution is -2.27. The van der Waals surface area contributed by atoms with Crippen LogP contribution in [0.25, 0.3) is 16.6 Å². The highest BCUT2D eigenvalue weighted by Crippen LogP contribution is 2.24. The van der Waals surface area contributed by atoms with E-state index in [1.54, 1.807) is 56.7 Å². The maximum absolute atomic E-state index is 13.6. The van der Waals surface area contributed by atoms with E-state index in [2.05, 4.69) is 10.3 Å². The van der Waals surface area contributed by atoms with Crippen molar-refractivity contribution in [3.8, 4) is 11.4 Å². The number of thioether (sulfide) groups is 1. The van der Waals surface area contributed by atoms with E-state index in [4.69, 9.17) is 9.47 Å². The van der Waals surface area contributed by atoms with E-state index in [0.29, 0.717) is 46.6 Å². The molecule has 0 aliphatic carbocycles. The van der Waals surface area contributed by atoms with Crippen molar-refractivity contribution in [3.63, 3.8) is 0 Å². The molecule has 4 rings (SSSR count). The summed E-state index contributed by atoms with van der Waals surface area (Å²) >= 11 is 1.08.